The first-order valence-electron chi connectivity index (χ1n) is 12.7. The van der Waals surface area contributed by atoms with Crippen LogP contribution in [0.3, 0.4) is 0 Å². The Balaban J connectivity index is 1.44. The quantitative estimate of drug-likeness (QED) is 0.438. The SMILES string of the molecule is CC(=O)NC1CCC(NC(=O)c2c(C)[nH]c3c(-c4c(OCC5CC5)ccc(C)c4F)ncnc23)C(F)C1. The van der Waals surface area contributed by atoms with E-state index in [4.69, 9.17) is 4.74 Å². The summed E-state index contributed by atoms with van der Waals surface area (Å²) in [6.45, 7) is 5.31. The second kappa shape index (κ2) is 10.1. The minimum Gasteiger partial charge on any atom is -0.492 e. The number of nitrogens with zero attached hydrogens (tertiary/aromatic N) is 2. The number of benzene rings is 1. The zero-order valence-corrected chi connectivity index (χ0v) is 21.2. The molecule has 3 N–H and O–H groups in total. The molecule has 1 aromatic carbocycles. The molecule has 2 fully saturated rings. The lowest BCUT2D eigenvalue weighted by atomic mass is 9.89. The average Bonchev–Trinajstić information content (AvgIpc) is 3.61. The van der Waals surface area contributed by atoms with Crippen molar-refractivity contribution in [2.75, 3.05) is 6.61 Å². The predicted molar refractivity (Wildman–Crippen MR) is 135 cm³/mol. The minimum absolute atomic E-state index is 0.139. The molecule has 2 aliphatic rings. The van der Waals surface area contributed by atoms with Crippen LogP contribution in [-0.4, -0.2) is 51.6 Å². The van der Waals surface area contributed by atoms with Crippen LogP contribution in [0.2, 0.25) is 0 Å². The van der Waals surface area contributed by atoms with Crippen molar-refractivity contribution in [1.29, 1.82) is 0 Å². The minimum atomic E-state index is -1.29. The molecular weight excluding hydrogens is 480 g/mol. The summed E-state index contributed by atoms with van der Waals surface area (Å²) in [4.78, 5) is 36.5. The number of hydrogen-bond donors (Lipinski definition) is 3. The number of fused-ring (bicyclic) bond motifs is 1. The fourth-order valence-corrected chi connectivity index (χ4v) is 5.02. The van der Waals surface area contributed by atoms with Crippen LogP contribution in [0.25, 0.3) is 22.3 Å². The second-order valence-corrected chi connectivity index (χ2v) is 10.2. The number of carbonyl (C=O) groups is 2. The van der Waals surface area contributed by atoms with Crippen molar-refractivity contribution < 1.29 is 23.1 Å². The van der Waals surface area contributed by atoms with Crippen molar-refractivity contribution in [1.82, 2.24) is 25.6 Å². The van der Waals surface area contributed by atoms with Gasteiger partial charge in [0.2, 0.25) is 5.91 Å². The molecule has 37 heavy (non-hydrogen) atoms. The Morgan fingerprint density at radius 1 is 1.14 bits per heavy atom. The molecule has 3 aromatic rings. The molecule has 0 bridgehead atoms. The van der Waals surface area contributed by atoms with Gasteiger partial charge in [-0.15, -0.1) is 0 Å². The van der Waals surface area contributed by atoms with Gasteiger partial charge >= 0.3 is 0 Å². The molecule has 10 heteroatoms. The number of aromatic nitrogens is 3. The van der Waals surface area contributed by atoms with Crippen LogP contribution in [0.15, 0.2) is 18.5 Å². The Morgan fingerprint density at radius 2 is 1.92 bits per heavy atom. The van der Waals surface area contributed by atoms with Crippen LogP contribution >= 0.6 is 0 Å². The van der Waals surface area contributed by atoms with E-state index in [-0.39, 0.29) is 29.5 Å². The van der Waals surface area contributed by atoms with Gasteiger partial charge in [-0.05, 0) is 57.1 Å². The number of H-pyrrole nitrogens is 1. The molecule has 0 spiro atoms. The molecule has 196 valence electrons. The summed E-state index contributed by atoms with van der Waals surface area (Å²) >= 11 is 0. The summed E-state index contributed by atoms with van der Waals surface area (Å²) in [5.41, 5.74) is 2.51. The number of halogens is 2. The Morgan fingerprint density at radius 3 is 2.62 bits per heavy atom. The Kier molecular flexibility index (Phi) is 6.83. The third-order valence-electron chi connectivity index (χ3n) is 7.20. The number of hydrogen-bond acceptors (Lipinski definition) is 5. The molecule has 0 radical (unpaired) electrons. The summed E-state index contributed by atoms with van der Waals surface area (Å²) in [6.07, 6.45) is 3.31. The fourth-order valence-electron chi connectivity index (χ4n) is 5.02. The fraction of sp³-hybridized carbons (Fsp3) is 0.481. The van der Waals surface area contributed by atoms with Crippen LogP contribution in [-0.2, 0) is 4.79 Å². The van der Waals surface area contributed by atoms with Crippen LogP contribution < -0.4 is 15.4 Å². The Labute approximate surface area is 213 Å². The molecule has 2 aliphatic carbocycles. The molecule has 8 nitrogen and oxygen atoms in total. The monoisotopic (exact) mass is 511 g/mol. The smallest absolute Gasteiger partial charge is 0.255 e. The average molecular weight is 512 g/mol. The van der Waals surface area contributed by atoms with Crippen molar-refractivity contribution in [2.24, 2.45) is 5.92 Å². The number of rotatable bonds is 7. The van der Waals surface area contributed by atoms with Gasteiger partial charge in [0.15, 0.2) is 0 Å². The number of carbonyl (C=O) groups excluding carboxylic acids is 2. The molecule has 2 aromatic heterocycles. The lowest BCUT2D eigenvalue weighted by molar-refractivity contribution is -0.120. The van der Waals surface area contributed by atoms with Gasteiger partial charge in [-0.3, -0.25) is 9.59 Å². The third-order valence-corrected chi connectivity index (χ3v) is 7.20. The van der Waals surface area contributed by atoms with Gasteiger partial charge in [-0.1, -0.05) is 6.07 Å². The highest BCUT2D eigenvalue weighted by atomic mass is 19.1. The van der Waals surface area contributed by atoms with E-state index in [1.807, 2.05) is 0 Å². The Bertz CT molecular complexity index is 1350. The molecule has 2 saturated carbocycles. The summed E-state index contributed by atoms with van der Waals surface area (Å²) in [6, 6.07) is 2.49. The van der Waals surface area contributed by atoms with E-state index in [1.165, 1.54) is 13.3 Å². The number of aryl methyl sites for hydroxylation is 2. The van der Waals surface area contributed by atoms with Crippen molar-refractivity contribution in [3.05, 3.63) is 41.1 Å². The molecule has 0 saturated heterocycles. The van der Waals surface area contributed by atoms with Gasteiger partial charge in [-0.25, -0.2) is 18.7 Å². The Hall–Kier alpha value is -3.56. The van der Waals surface area contributed by atoms with Crippen molar-refractivity contribution in [3.8, 4) is 17.0 Å². The van der Waals surface area contributed by atoms with Crippen molar-refractivity contribution >= 4 is 22.8 Å². The first-order chi connectivity index (χ1) is 17.7. The highest BCUT2D eigenvalue weighted by molar-refractivity contribution is 6.09. The zero-order chi connectivity index (χ0) is 26.3. The number of aromatic amines is 1. The number of nitrogens with one attached hydrogen (secondary N) is 3. The summed E-state index contributed by atoms with van der Waals surface area (Å²) in [7, 11) is 0. The summed E-state index contributed by atoms with van der Waals surface area (Å²) in [5, 5.41) is 5.55. The van der Waals surface area contributed by atoms with E-state index in [9.17, 15) is 14.0 Å². The van der Waals surface area contributed by atoms with Gasteiger partial charge in [0, 0.05) is 25.1 Å². The van der Waals surface area contributed by atoms with E-state index in [2.05, 4.69) is 25.6 Å². The number of ether oxygens (including phenoxy) is 1. The van der Waals surface area contributed by atoms with E-state index < -0.39 is 23.9 Å². The molecule has 2 heterocycles. The third kappa shape index (κ3) is 5.14. The lowest BCUT2D eigenvalue weighted by Gasteiger charge is -2.32. The van der Waals surface area contributed by atoms with E-state index in [1.54, 1.807) is 26.0 Å². The molecular formula is C27H31F2N5O3. The largest absolute Gasteiger partial charge is 0.492 e. The first kappa shape index (κ1) is 25.1. The molecule has 2 amide bonds. The predicted octanol–water partition coefficient (Wildman–Crippen LogP) is 4.29. The molecule has 5 rings (SSSR count). The van der Waals surface area contributed by atoms with Crippen LogP contribution in [0.1, 0.15) is 60.6 Å². The second-order valence-electron chi connectivity index (χ2n) is 10.2. The normalized spacial score (nSPS) is 21.6. The molecule has 3 unspecified atom stereocenters. The van der Waals surface area contributed by atoms with E-state index >= 15 is 4.39 Å². The highest BCUT2D eigenvalue weighted by Crippen LogP contribution is 2.39. The zero-order valence-electron chi connectivity index (χ0n) is 21.2. The number of alkyl halides is 1. The summed E-state index contributed by atoms with van der Waals surface area (Å²) in [5.74, 6) is -0.227. The summed E-state index contributed by atoms with van der Waals surface area (Å²) < 4.78 is 36.3. The van der Waals surface area contributed by atoms with Crippen molar-refractivity contribution in [3.63, 3.8) is 0 Å². The van der Waals surface area contributed by atoms with E-state index in [0.717, 1.165) is 12.8 Å². The lowest BCUT2D eigenvalue weighted by Crippen LogP contribution is -2.49. The van der Waals surface area contributed by atoms with Crippen LogP contribution in [0, 0.1) is 25.6 Å². The van der Waals surface area contributed by atoms with Gasteiger partial charge in [-0.2, -0.15) is 0 Å². The van der Waals surface area contributed by atoms with E-state index in [0.29, 0.717) is 59.1 Å². The van der Waals surface area contributed by atoms with Crippen molar-refractivity contribution in [2.45, 2.75) is 71.1 Å². The maximum atomic E-state index is 15.4. The standard InChI is InChI=1S/C27H31F2N5O3/c1-13-4-9-20(37-11-16-5-6-16)22(23(13)29)25-26-24(30-12-31-25)21(14(2)32-26)27(36)34-19-8-7-17(10-18(19)28)33-15(3)35/h4,9,12,16-19,32H,5-8,10-11H2,1-3H3,(H,33,35)(H,34,36). The van der Waals surface area contributed by atoms with Gasteiger partial charge in [0.1, 0.15) is 35.3 Å². The molecule has 3 atom stereocenters. The number of amides is 2. The molecule has 0 aliphatic heterocycles. The first-order valence-corrected chi connectivity index (χ1v) is 12.7. The highest BCUT2D eigenvalue weighted by Gasteiger charge is 2.33. The van der Waals surface area contributed by atoms with Gasteiger partial charge < -0.3 is 20.4 Å². The van der Waals surface area contributed by atoms with Crippen LogP contribution in [0.4, 0.5) is 8.78 Å². The maximum absolute atomic E-state index is 15.4. The van der Waals surface area contributed by atoms with Gasteiger partial charge in [0.25, 0.3) is 5.91 Å². The maximum Gasteiger partial charge on any atom is 0.255 e. The van der Waals surface area contributed by atoms with Gasteiger partial charge in [0.05, 0.1) is 29.3 Å². The van der Waals surface area contributed by atoms with Crippen LogP contribution in [0.5, 0.6) is 5.75 Å². The topological polar surface area (TPSA) is 109 Å².